The number of aliphatic hydroxyl groups excluding tert-OH is 1. The summed E-state index contributed by atoms with van der Waals surface area (Å²) in [4.78, 5) is 2.45. The minimum atomic E-state index is 0.355. The predicted octanol–water partition coefficient (Wildman–Crippen LogP) is 2.02. The maximum atomic E-state index is 9.10. The van der Waals surface area contributed by atoms with Crippen molar-refractivity contribution in [3.63, 3.8) is 0 Å². The van der Waals surface area contributed by atoms with Crippen molar-refractivity contribution in [2.75, 3.05) is 19.7 Å². The molecule has 0 aromatic heterocycles. The molecule has 2 heteroatoms. The molecule has 1 fully saturated rings. The van der Waals surface area contributed by atoms with Gasteiger partial charge in [-0.2, -0.15) is 0 Å². The van der Waals surface area contributed by atoms with Crippen LogP contribution in [0.4, 0.5) is 0 Å². The van der Waals surface area contributed by atoms with Crippen molar-refractivity contribution >= 4 is 0 Å². The van der Waals surface area contributed by atoms with E-state index in [1.807, 2.05) is 0 Å². The first-order valence-electron chi connectivity index (χ1n) is 5.73. The monoisotopic (exact) mass is 185 g/mol. The number of likely N-dealkylation sites (tertiary alicyclic amines) is 1. The molecule has 78 valence electrons. The van der Waals surface area contributed by atoms with Crippen molar-refractivity contribution in [3.8, 4) is 0 Å². The number of aliphatic hydroxyl groups is 1. The molecule has 13 heavy (non-hydrogen) atoms. The highest BCUT2D eigenvalue weighted by Gasteiger charge is 2.22. The molecular weight excluding hydrogens is 162 g/mol. The van der Waals surface area contributed by atoms with Gasteiger partial charge in [-0.1, -0.05) is 26.2 Å². The molecular formula is C11H23NO. The zero-order valence-electron chi connectivity index (χ0n) is 8.84. The fourth-order valence-corrected chi connectivity index (χ4v) is 2.14. The van der Waals surface area contributed by atoms with Crippen LogP contribution in [0, 0.1) is 0 Å². The average Bonchev–Trinajstić information content (AvgIpc) is 2.60. The molecule has 1 atom stereocenters. The van der Waals surface area contributed by atoms with Crippen LogP contribution in [-0.2, 0) is 0 Å². The van der Waals surface area contributed by atoms with Crippen LogP contribution in [0.5, 0.6) is 0 Å². The summed E-state index contributed by atoms with van der Waals surface area (Å²) in [5.74, 6) is 0. The molecule has 0 aromatic carbocycles. The molecule has 0 aromatic rings. The van der Waals surface area contributed by atoms with Gasteiger partial charge in [0.25, 0.3) is 0 Å². The van der Waals surface area contributed by atoms with Gasteiger partial charge in [0.05, 0.1) is 6.61 Å². The van der Waals surface area contributed by atoms with Crippen molar-refractivity contribution in [2.24, 2.45) is 0 Å². The van der Waals surface area contributed by atoms with Gasteiger partial charge in [-0.15, -0.1) is 0 Å². The molecule has 1 saturated heterocycles. The molecule has 0 bridgehead atoms. The maximum Gasteiger partial charge on any atom is 0.0586 e. The van der Waals surface area contributed by atoms with Gasteiger partial charge in [0, 0.05) is 6.04 Å². The van der Waals surface area contributed by atoms with Crippen LogP contribution in [0.25, 0.3) is 0 Å². The van der Waals surface area contributed by atoms with E-state index in [1.165, 1.54) is 51.6 Å². The fourth-order valence-electron chi connectivity index (χ4n) is 2.14. The fraction of sp³-hybridized carbons (Fsp3) is 1.00. The molecule has 2 nitrogen and oxygen atoms in total. The topological polar surface area (TPSA) is 23.5 Å². The lowest BCUT2D eigenvalue weighted by Crippen LogP contribution is -2.32. The Morgan fingerprint density at radius 1 is 1.31 bits per heavy atom. The number of nitrogens with zero attached hydrogens (tertiary/aromatic N) is 1. The molecule has 0 saturated carbocycles. The van der Waals surface area contributed by atoms with Crippen molar-refractivity contribution in [2.45, 2.75) is 51.5 Å². The predicted molar refractivity (Wildman–Crippen MR) is 55.8 cm³/mol. The first kappa shape index (κ1) is 11.0. The molecule has 1 N–H and O–H groups in total. The summed E-state index contributed by atoms with van der Waals surface area (Å²) in [6.45, 7) is 5.00. The van der Waals surface area contributed by atoms with Crippen LogP contribution in [0.3, 0.4) is 0 Å². The lowest BCUT2D eigenvalue weighted by atomic mass is 10.2. The number of hydrogen-bond donors (Lipinski definition) is 1. The van der Waals surface area contributed by atoms with Gasteiger partial charge in [0.2, 0.25) is 0 Å². The summed E-state index contributed by atoms with van der Waals surface area (Å²) >= 11 is 0. The summed E-state index contributed by atoms with van der Waals surface area (Å²) in [6.07, 6.45) is 7.81. The highest BCUT2D eigenvalue weighted by molar-refractivity contribution is 4.77. The average molecular weight is 185 g/mol. The zero-order valence-corrected chi connectivity index (χ0v) is 8.84. The smallest absolute Gasteiger partial charge is 0.0586 e. The van der Waals surface area contributed by atoms with Crippen LogP contribution in [0.15, 0.2) is 0 Å². The lowest BCUT2D eigenvalue weighted by molar-refractivity contribution is 0.157. The van der Waals surface area contributed by atoms with E-state index in [-0.39, 0.29) is 0 Å². The minimum Gasteiger partial charge on any atom is -0.395 e. The number of unbranched alkanes of at least 4 members (excludes halogenated alkanes) is 3. The van der Waals surface area contributed by atoms with Gasteiger partial charge in [-0.25, -0.2) is 0 Å². The third-order valence-electron chi connectivity index (χ3n) is 3.01. The largest absolute Gasteiger partial charge is 0.395 e. The van der Waals surface area contributed by atoms with Gasteiger partial charge in [0.1, 0.15) is 0 Å². The van der Waals surface area contributed by atoms with Gasteiger partial charge in [-0.3, -0.25) is 4.90 Å². The minimum absolute atomic E-state index is 0.355. The van der Waals surface area contributed by atoms with Gasteiger partial charge in [-0.05, 0) is 32.4 Å². The van der Waals surface area contributed by atoms with E-state index in [9.17, 15) is 0 Å². The first-order chi connectivity index (χ1) is 6.38. The van der Waals surface area contributed by atoms with Gasteiger partial charge in [0.15, 0.2) is 0 Å². The second-order valence-corrected chi connectivity index (χ2v) is 4.08. The standard InChI is InChI=1S/C11H23NO/c1-2-3-4-5-8-12-9-6-7-11(12)10-13/h11,13H,2-10H2,1H3/t11-/m1/s1. The van der Waals surface area contributed by atoms with E-state index in [2.05, 4.69) is 11.8 Å². The molecule has 0 radical (unpaired) electrons. The van der Waals surface area contributed by atoms with Gasteiger partial charge >= 0.3 is 0 Å². The third-order valence-corrected chi connectivity index (χ3v) is 3.01. The van der Waals surface area contributed by atoms with E-state index in [1.54, 1.807) is 0 Å². The molecule has 0 amide bonds. The molecule has 1 aliphatic heterocycles. The summed E-state index contributed by atoms with van der Waals surface area (Å²) in [7, 11) is 0. The number of rotatable bonds is 6. The molecule has 1 heterocycles. The van der Waals surface area contributed by atoms with E-state index in [0.717, 1.165) is 0 Å². The Morgan fingerprint density at radius 3 is 2.85 bits per heavy atom. The first-order valence-corrected chi connectivity index (χ1v) is 5.73. The molecule has 0 spiro atoms. The Bertz CT molecular complexity index is 127. The SMILES string of the molecule is CCCCCCN1CCC[C@@H]1CO. The van der Waals surface area contributed by atoms with Crippen LogP contribution in [-0.4, -0.2) is 35.7 Å². The van der Waals surface area contributed by atoms with Crippen molar-refractivity contribution in [1.29, 1.82) is 0 Å². The van der Waals surface area contributed by atoms with E-state index in [0.29, 0.717) is 12.6 Å². The highest BCUT2D eigenvalue weighted by Crippen LogP contribution is 2.17. The van der Waals surface area contributed by atoms with Crippen LogP contribution >= 0.6 is 0 Å². The normalized spacial score (nSPS) is 24.0. The van der Waals surface area contributed by atoms with E-state index in [4.69, 9.17) is 5.11 Å². The van der Waals surface area contributed by atoms with E-state index < -0.39 is 0 Å². The van der Waals surface area contributed by atoms with Crippen LogP contribution in [0.1, 0.15) is 45.4 Å². The summed E-state index contributed by atoms with van der Waals surface area (Å²) in [6, 6.07) is 0.474. The van der Waals surface area contributed by atoms with Crippen molar-refractivity contribution in [3.05, 3.63) is 0 Å². The van der Waals surface area contributed by atoms with Crippen LogP contribution < -0.4 is 0 Å². The zero-order chi connectivity index (χ0) is 9.52. The molecule has 0 unspecified atom stereocenters. The Hall–Kier alpha value is -0.0800. The molecule has 1 rings (SSSR count). The Balaban J connectivity index is 2.06. The van der Waals surface area contributed by atoms with Crippen molar-refractivity contribution < 1.29 is 5.11 Å². The maximum absolute atomic E-state index is 9.10. The summed E-state index contributed by atoms with van der Waals surface area (Å²) in [5.41, 5.74) is 0. The van der Waals surface area contributed by atoms with E-state index >= 15 is 0 Å². The Labute approximate surface area is 81.9 Å². The second-order valence-electron chi connectivity index (χ2n) is 4.08. The quantitative estimate of drug-likeness (QED) is 0.640. The Kier molecular flexibility index (Phi) is 5.40. The molecule has 1 aliphatic rings. The van der Waals surface area contributed by atoms with Gasteiger partial charge < -0.3 is 5.11 Å². The number of hydrogen-bond acceptors (Lipinski definition) is 2. The summed E-state index contributed by atoms with van der Waals surface area (Å²) < 4.78 is 0. The van der Waals surface area contributed by atoms with Crippen molar-refractivity contribution in [1.82, 2.24) is 4.90 Å². The van der Waals surface area contributed by atoms with Crippen LogP contribution in [0.2, 0.25) is 0 Å². The third kappa shape index (κ3) is 3.65. The Morgan fingerprint density at radius 2 is 2.15 bits per heavy atom. The second kappa shape index (κ2) is 6.39. The highest BCUT2D eigenvalue weighted by atomic mass is 16.3. The molecule has 0 aliphatic carbocycles. The summed E-state index contributed by atoms with van der Waals surface area (Å²) in [5, 5.41) is 9.10. The lowest BCUT2D eigenvalue weighted by Gasteiger charge is -2.22.